The Hall–Kier alpha value is -2.76. The predicted molar refractivity (Wildman–Crippen MR) is 118 cm³/mol. The predicted octanol–water partition coefficient (Wildman–Crippen LogP) is 5.80. The van der Waals surface area contributed by atoms with Crippen molar-refractivity contribution in [2.45, 2.75) is 4.90 Å². The molecule has 5 rings (SSSR count). The summed E-state index contributed by atoms with van der Waals surface area (Å²) in [5.74, 6) is 0.751. The van der Waals surface area contributed by atoms with Crippen LogP contribution in [0.1, 0.15) is 15.9 Å². The maximum absolute atomic E-state index is 13.3. The van der Waals surface area contributed by atoms with Gasteiger partial charge in [-0.1, -0.05) is 60.7 Å². The largest absolute Gasteiger partial charge is 0.289 e. The smallest absolute Gasteiger partial charge is 0.193 e. The third-order valence-corrected chi connectivity index (χ3v) is 6.86. The minimum absolute atomic E-state index is 0.0993. The van der Waals surface area contributed by atoms with Crippen LogP contribution in [0.15, 0.2) is 106 Å². The van der Waals surface area contributed by atoms with Crippen molar-refractivity contribution in [2.75, 3.05) is 10.8 Å². The lowest BCUT2D eigenvalue weighted by atomic mass is 10.0. The summed E-state index contributed by atoms with van der Waals surface area (Å²) in [7, 11) is 0. The molecule has 0 aromatic heterocycles. The van der Waals surface area contributed by atoms with Gasteiger partial charge in [0, 0.05) is 27.3 Å². The first-order valence-corrected chi connectivity index (χ1v) is 10.8. The average molecular weight is 401 g/mol. The molecular formula is C23H16N2OS2. The van der Waals surface area contributed by atoms with E-state index in [9.17, 15) is 4.79 Å². The number of ketones is 1. The Bertz CT molecular complexity index is 1110. The number of thioether (sulfide) groups is 2. The molecular weight excluding hydrogens is 384 g/mol. The Balaban J connectivity index is 1.62. The third kappa shape index (κ3) is 3.07. The molecule has 0 bridgehead atoms. The zero-order valence-corrected chi connectivity index (χ0v) is 16.5. The highest BCUT2D eigenvalue weighted by molar-refractivity contribution is 8.18. The summed E-state index contributed by atoms with van der Waals surface area (Å²) in [5.41, 5.74) is 3.61. The van der Waals surface area contributed by atoms with Gasteiger partial charge in [0.05, 0.1) is 5.69 Å². The van der Waals surface area contributed by atoms with Gasteiger partial charge in [0.25, 0.3) is 0 Å². The fourth-order valence-electron chi connectivity index (χ4n) is 3.24. The van der Waals surface area contributed by atoms with Gasteiger partial charge in [-0.25, -0.2) is 5.01 Å². The Kier molecular flexibility index (Phi) is 4.55. The SMILES string of the molecule is O=C1/C(=C2\SC(c3ccccc3)=NN2c2ccccc2)CSc2ccccc21. The van der Waals surface area contributed by atoms with Crippen molar-refractivity contribution in [3.05, 3.63) is 107 Å². The molecule has 0 N–H and O–H groups in total. The molecule has 0 unspecified atom stereocenters. The first kappa shape index (κ1) is 17.3. The lowest BCUT2D eigenvalue weighted by Crippen LogP contribution is -2.19. The van der Waals surface area contributed by atoms with Gasteiger partial charge in [-0.2, -0.15) is 5.10 Å². The standard InChI is InChI=1S/C23H16N2OS2/c26-21-18-13-7-8-14-20(18)27-15-19(21)23-25(17-11-5-2-6-12-17)24-22(28-23)16-9-3-1-4-10-16/h1-14H,15H2/b23-19-. The molecule has 28 heavy (non-hydrogen) atoms. The molecule has 2 aliphatic heterocycles. The highest BCUT2D eigenvalue weighted by Crippen LogP contribution is 2.43. The molecule has 2 heterocycles. The molecule has 136 valence electrons. The Morgan fingerprint density at radius 3 is 2.29 bits per heavy atom. The van der Waals surface area contributed by atoms with Crippen LogP contribution in [-0.4, -0.2) is 16.6 Å². The Labute approximate surface area is 172 Å². The van der Waals surface area contributed by atoms with Crippen molar-refractivity contribution < 1.29 is 4.79 Å². The number of anilines is 1. The molecule has 5 heteroatoms. The molecule has 2 aliphatic rings. The molecule has 3 aromatic carbocycles. The molecule has 0 aliphatic carbocycles. The minimum atomic E-state index is 0.0993. The van der Waals surface area contributed by atoms with E-state index in [0.717, 1.165) is 37.4 Å². The summed E-state index contributed by atoms with van der Waals surface area (Å²) in [4.78, 5) is 14.3. The summed E-state index contributed by atoms with van der Waals surface area (Å²) in [6.45, 7) is 0. The summed E-state index contributed by atoms with van der Waals surface area (Å²) in [5, 5.41) is 8.59. The normalized spacial score (nSPS) is 18.8. The molecule has 0 saturated heterocycles. The Morgan fingerprint density at radius 2 is 1.50 bits per heavy atom. The van der Waals surface area contributed by atoms with E-state index in [1.165, 1.54) is 0 Å². The summed E-state index contributed by atoms with van der Waals surface area (Å²) < 4.78 is 0. The molecule has 0 fully saturated rings. The van der Waals surface area contributed by atoms with Crippen LogP contribution in [0.3, 0.4) is 0 Å². The van der Waals surface area contributed by atoms with Crippen molar-refractivity contribution in [1.82, 2.24) is 0 Å². The second-order valence-electron chi connectivity index (χ2n) is 6.42. The quantitative estimate of drug-likeness (QED) is 0.509. The van der Waals surface area contributed by atoms with Crippen LogP contribution < -0.4 is 5.01 Å². The van der Waals surface area contributed by atoms with Gasteiger partial charge < -0.3 is 0 Å². The number of Topliss-reactive ketones (excluding diaryl/α,β-unsaturated/α-hetero) is 1. The molecule has 0 amide bonds. The van der Waals surface area contributed by atoms with E-state index in [1.807, 2.05) is 77.8 Å². The summed E-state index contributed by atoms with van der Waals surface area (Å²) >= 11 is 3.29. The third-order valence-electron chi connectivity index (χ3n) is 4.63. The molecule has 0 radical (unpaired) electrons. The maximum atomic E-state index is 13.3. The lowest BCUT2D eigenvalue weighted by Gasteiger charge is -2.22. The number of fused-ring (bicyclic) bond motifs is 1. The monoisotopic (exact) mass is 400 g/mol. The van der Waals surface area contributed by atoms with Gasteiger partial charge >= 0.3 is 0 Å². The van der Waals surface area contributed by atoms with E-state index >= 15 is 0 Å². The number of hydrogen-bond acceptors (Lipinski definition) is 5. The topological polar surface area (TPSA) is 32.7 Å². The number of hydrogen-bond donors (Lipinski definition) is 0. The van der Waals surface area contributed by atoms with Crippen LogP contribution in [0, 0.1) is 0 Å². The van der Waals surface area contributed by atoms with Gasteiger partial charge in [0.15, 0.2) is 5.78 Å². The van der Waals surface area contributed by atoms with Gasteiger partial charge in [-0.15, -0.1) is 11.8 Å². The highest BCUT2D eigenvalue weighted by Gasteiger charge is 2.32. The van der Waals surface area contributed by atoms with E-state index < -0.39 is 0 Å². The van der Waals surface area contributed by atoms with Gasteiger partial charge in [0.2, 0.25) is 0 Å². The van der Waals surface area contributed by atoms with Crippen molar-refractivity contribution >= 4 is 40.0 Å². The van der Waals surface area contributed by atoms with Crippen LogP contribution in [0.2, 0.25) is 0 Å². The van der Waals surface area contributed by atoms with E-state index in [-0.39, 0.29) is 5.78 Å². The second kappa shape index (κ2) is 7.34. The average Bonchev–Trinajstić information content (AvgIpc) is 3.21. The second-order valence-corrected chi connectivity index (χ2v) is 8.41. The van der Waals surface area contributed by atoms with Crippen LogP contribution in [0.5, 0.6) is 0 Å². The zero-order valence-electron chi connectivity index (χ0n) is 14.9. The number of benzene rings is 3. The molecule has 0 atom stereocenters. The summed E-state index contributed by atoms with van der Waals surface area (Å²) in [6, 6.07) is 28.0. The molecule has 0 saturated carbocycles. The van der Waals surface area contributed by atoms with Crippen LogP contribution in [0.4, 0.5) is 5.69 Å². The number of nitrogens with zero attached hydrogens (tertiary/aromatic N) is 2. The van der Waals surface area contributed by atoms with Crippen LogP contribution in [0.25, 0.3) is 0 Å². The number of carbonyl (C=O) groups is 1. The fourth-order valence-corrected chi connectivity index (χ4v) is 5.47. The lowest BCUT2D eigenvalue weighted by molar-refractivity contribution is 0.103. The van der Waals surface area contributed by atoms with Gasteiger partial charge in [-0.05, 0) is 36.0 Å². The van der Waals surface area contributed by atoms with E-state index in [2.05, 4.69) is 12.1 Å². The van der Waals surface area contributed by atoms with Gasteiger partial charge in [-0.3, -0.25) is 4.79 Å². The highest BCUT2D eigenvalue weighted by atomic mass is 32.2. The van der Waals surface area contributed by atoms with E-state index in [4.69, 9.17) is 5.10 Å². The maximum Gasteiger partial charge on any atom is 0.193 e. The molecule has 0 spiro atoms. The number of hydrazone groups is 1. The van der Waals surface area contributed by atoms with E-state index in [0.29, 0.717) is 5.75 Å². The first-order valence-electron chi connectivity index (χ1n) is 8.98. The van der Waals surface area contributed by atoms with Crippen molar-refractivity contribution in [1.29, 1.82) is 0 Å². The number of para-hydroxylation sites is 1. The Morgan fingerprint density at radius 1 is 0.821 bits per heavy atom. The van der Waals surface area contributed by atoms with Crippen LogP contribution >= 0.6 is 23.5 Å². The number of carbonyl (C=O) groups excluding carboxylic acids is 1. The fraction of sp³-hybridized carbons (Fsp3) is 0.0435. The summed E-state index contributed by atoms with van der Waals surface area (Å²) in [6.07, 6.45) is 0. The van der Waals surface area contributed by atoms with Crippen LogP contribution in [-0.2, 0) is 0 Å². The molecule has 3 nitrogen and oxygen atoms in total. The van der Waals surface area contributed by atoms with Crippen molar-refractivity contribution in [2.24, 2.45) is 5.10 Å². The van der Waals surface area contributed by atoms with Crippen molar-refractivity contribution in [3.8, 4) is 0 Å². The molecule has 3 aromatic rings. The van der Waals surface area contributed by atoms with Gasteiger partial charge in [0.1, 0.15) is 10.1 Å². The number of rotatable bonds is 2. The minimum Gasteiger partial charge on any atom is -0.289 e. The van der Waals surface area contributed by atoms with E-state index in [1.54, 1.807) is 23.5 Å². The first-order chi connectivity index (χ1) is 13.8. The zero-order chi connectivity index (χ0) is 18.9. The van der Waals surface area contributed by atoms with Crippen molar-refractivity contribution in [3.63, 3.8) is 0 Å².